The Kier molecular flexibility index (Phi) is 4.62. The standard InChI is InChI=1S/C13H17F3N2O2/c1-4-12(3,5-2)17-9-6-7-11(18(19)20)10(8-9)13(14,15)16/h6-8,17H,4-5H2,1-3H3. The molecule has 0 saturated carbocycles. The topological polar surface area (TPSA) is 55.2 Å². The fraction of sp³-hybridized carbons (Fsp3) is 0.538. The average molecular weight is 290 g/mol. The van der Waals surface area contributed by atoms with E-state index in [0.29, 0.717) is 0 Å². The van der Waals surface area contributed by atoms with Gasteiger partial charge >= 0.3 is 6.18 Å². The normalized spacial score (nSPS) is 12.3. The van der Waals surface area contributed by atoms with Crippen molar-refractivity contribution < 1.29 is 18.1 Å². The Morgan fingerprint density at radius 3 is 2.20 bits per heavy atom. The number of rotatable bonds is 5. The van der Waals surface area contributed by atoms with Gasteiger partial charge in [-0.25, -0.2) is 0 Å². The van der Waals surface area contributed by atoms with Crippen LogP contribution in [0.3, 0.4) is 0 Å². The number of alkyl halides is 3. The Balaban J connectivity index is 3.23. The highest BCUT2D eigenvalue weighted by atomic mass is 19.4. The first-order valence-corrected chi connectivity index (χ1v) is 6.27. The Hall–Kier alpha value is -1.79. The fourth-order valence-corrected chi connectivity index (χ4v) is 1.78. The molecule has 0 unspecified atom stereocenters. The molecule has 112 valence electrons. The van der Waals surface area contributed by atoms with E-state index in [-0.39, 0.29) is 11.2 Å². The van der Waals surface area contributed by atoms with E-state index in [0.717, 1.165) is 25.0 Å². The summed E-state index contributed by atoms with van der Waals surface area (Å²) in [5, 5.41) is 13.7. The van der Waals surface area contributed by atoms with Gasteiger partial charge in [-0.3, -0.25) is 10.1 Å². The van der Waals surface area contributed by atoms with Crippen molar-refractivity contribution in [2.45, 2.75) is 45.3 Å². The van der Waals surface area contributed by atoms with E-state index in [1.165, 1.54) is 6.07 Å². The molecule has 7 heteroatoms. The minimum absolute atomic E-state index is 0.231. The number of nitro groups is 1. The van der Waals surface area contributed by atoms with Crippen molar-refractivity contribution in [2.24, 2.45) is 0 Å². The van der Waals surface area contributed by atoms with Crippen LogP contribution in [0.15, 0.2) is 18.2 Å². The average Bonchev–Trinajstić information content (AvgIpc) is 2.37. The lowest BCUT2D eigenvalue weighted by Gasteiger charge is -2.29. The molecule has 0 atom stereocenters. The van der Waals surface area contributed by atoms with Crippen LogP contribution < -0.4 is 5.32 Å². The zero-order valence-corrected chi connectivity index (χ0v) is 11.5. The molecule has 0 amide bonds. The molecule has 0 spiro atoms. The predicted molar refractivity (Wildman–Crippen MR) is 70.7 cm³/mol. The third-order valence-corrected chi connectivity index (χ3v) is 3.51. The molecule has 0 aromatic heterocycles. The monoisotopic (exact) mass is 290 g/mol. The molecule has 1 aromatic rings. The first kappa shape index (κ1) is 16.3. The quantitative estimate of drug-likeness (QED) is 0.636. The van der Waals surface area contributed by atoms with Gasteiger partial charge in [0.25, 0.3) is 5.69 Å². The van der Waals surface area contributed by atoms with Crippen LogP contribution in [0.2, 0.25) is 0 Å². The zero-order valence-electron chi connectivity index (χ0n) is 11.5. The summed E-state index contributed by atoms with van der Waals surface area (Å²) >= 11 is 0. The van der Waals surface area contributed by atoms with Gasteiger partial charge in [0.05, 0.1) is 4.92 Å². The molecule has 1 rings (SSSR count). The Morgan fingerprint density at radius 1 is 1.25 bits per heavy atom. The Bertz CT molecular complexity index is 497. The van der Waals surface area contributed by atoms with Crippen LogP contribution >= 0.6 is 0 Å². The number of halogens is 3. The van der Waals surface area contributed by atoms with Crippen molar-refractivity contribution >= 4 is 11.4 Å². The van der Waals surface area contributed by atoms with Gasteiger partial charge in [-0.1, -0.05) is 13.8 Å². The number of benzene rings is 1. The van der Waals surface area contributed by atoms with Crippen LogP contribution in [-0.4, -0.2) is 10.5 Å². The van der Waals surface area contributed by atoms with Crippen LogP contribution in [0, 0.1) is 10.1 Å². The first-order valence-electron chi connectivity index (χ1n) is 6.27. The highest BCUT2D eigenvalue weighted by Crippen LogP contribution is 2.38. The van der Waals surface area contributed by atoms with Gasteiger partial charge in [0.15, 0.2) is 0 Å². The predicted octanol–water partition coefficient (Wildman–Crippen LogP) is 4.60. The smallest absolute Gasteiger partial charge is 0.380 e. The van der Waals surface area contributed by atoms with Gasteiger partial charge in [0.1, 0.15) is 5.56 Å². The number of nitrogens with zero attached hydrogens (tertiary/aromatic N) is 1. The SMILES string of the molecule is CCC(C)(CC)Nc1ccc([N+](=O)[O-])c(C(F)(F)F)c1. The Labute approximate surface area is 115 Å². The van der Waals surface area contributed by atoms with Gasteiger partial charge < -0.3 is 5.32 Å². The van der Waals surface area contributed by atoms with E-state index in [9.17, 15) is 23.3 Å². The largest absolute Gasteiger partial charge is 0.423 e. The van der Waals surface area contributed by atoms with Gasteiger partial charge in [-0.05, 0) is 31.9 Å². The molecule has 0 aliphatic carbocycles. The van der Waals surface area contributed by atoms with Gasteiger partial charge in [-0.15, -0.1) is 0 Å². The van der Waals surface area contributed by atoms with E-state index in [2.05, 4.69) is 5.32 Å². The number of anilines is 1. The summed E-state index contributed by atoms with van der Waals surface area (Å²) in [5.74, 6) is 0. The molecule has 0 bridgehead atoms. The highest BCUT2D eigenvalue weighted by Gasteiger charge is 2.38. The van der Waals surface area contributed by atoms with Crippen LogP contribution in [0.5, 0.6) is 0 Å². The van der Waals surface area contributed by atoms with Crippen LogP contribution in [0.1, 0.15) is 39.2 Å². The number of nitro benzene ring substituents is 1. The van der Waals surface area contributed by atoms with Crippen LogP contribution in [0.25, 0.3) is 0 Å². The summed E-state index contributed by atoms with van der Waals surface area (Å²) < 4.78 is 38.6. The fourth-order valence-electron chi connectivity index (χ4n) is 1.78. The summed E-state index contributed by atoms with van der Waals surface area (Å²) in [6.45, 7) is 5.74. The van der Waals surface area contributed by atoms with Gasteiger partial charge in [-0.2, -0.15) is 13.2 Å². The lowest BCUT2D eigenvalue weighted by atomic mass is 9.95. The van der Waals surface area contributed by atoms with Crippen molar-refractivity contribution in [1.29, 1.82) is 0 Å². The van der Waals surface area contributed by atoms with Crippen molar-refractivity contribution in [3.8, 4) is 0 Å². The lowest BCUT2D eigenvalue weighted by molar-refractivity contribution is -0.388. The molecular formula is C13H17F3N2O2. The van der Waals surface area contributed by atoms with Crippen molar-refractivity contribution in [3.05, 3.63) is 33.9 Å². The summed E-state index contributed by atoms with van der Waals surface area (Å²) in [7, 11) is 0. The van der Waals surface area contributed by atoms with E-state index in [1.54, 1.807) is 0 Å². The lowest BCUT2D eigenvalue weighted by Crippen LogP contribution is -2.33. The maximum atomic E-state index is 12.9. The molecule has 1 aromatic carbocycles. The van der Waals surface area contributed by atoms with Gasteiger partial charge in [0, 0.05) is 17.3 Å². The minimum atomic E-state index is -4.76. The molecule has 1 N–H and O–H groups in total. The second-order valence-corrected chi connectivity index (χ2v) is 4.88. The van der Waals surface area contributed by atoms with E-state index >= 15 is 0 Å². The Morgan fingerprint density at radius 2 is 1.80 bits per heavy atom. The van der Waals surface area contributed by atoms with E-state index < -0.39 is 22.4 Å². The van der Waals surface area contributed by atoms with Crippen molar-refractivity contribution in [1.82, 2.24) is 0 Å². The molecule has 0 aliphatic heterocycles. The molecule has 0 fully saturated rings. The third-order valence-electron chi connectivity index (χ3n) is 3.51. The molecule has 0 heterocycles. The maximum absolute atomic E-state index is 12.9. The van der Waals surface area contributed by atoms with E-state index in [4.69, 9.17) is 0 Å². The van der Waals surface area contributed by atoms with Gasteiger partial charge in [0.2, 0.25) is 0 Å². The van der Waals surface area contributed by atoms with Crippen LogP contribution in [-0.2, 0) is 6.18 Å². The summed E-state index contributed by atoms with van der Waals surface area (Å²) in [4.78, 5) is 9.64. The molecular weight excluding hydrogens is 273 g/mol. The summed E-state index contributed by atoms with van der Waals surface area (Å²) in [6, 6.07) is 2.98. The molecule has 0 saturated heterocycles. The van der Waals surface area contributed by atoms with Crippen molar-refractivity contribution in [3.63, 3.8) is 0 Å². The minimum Gasteiger partial charge on any atom is -0.380 e. The molecule has 4 nitrogen and oxygen atoms in total. The molecule has 0 aliphatic rings. The van der Waals surface area contributed by atoms with E-state index in [1.807, 2.05) is 20.8 Å². The molecule has 20 heavy (non-hydrogen) atoms. The molecule has 0 radical (unpaired) electrons. The van der Waals surface area contributed by atoms with Crippen LogP contribution in [0.4, 0.5) is 24.5 Å². The highest BCUT2D eigenvalue weighted by molar-refractivity contribution is 5.56. The third kappa shape index (κ3) is 3.61. The number of hydrogen-bond donors (Lipinski definition) is 1. The summed E-state index contributed by atoms with van der Waals surface area (Å²) in [6.07, 6.45) is -3.31. The number of nitrogens with one attached hydrogen (secondary N) is 1. The number of hydrogen-bond acceptors (Lipinski definition) is 3. The summed E-state index contributed by atoms with van der Waals surface area (Å²) in [5.41, 5.74) is -2.28. The zero-order chi connectivity index (χ0) is 15.6. The van der Waals surface area contributed by atoms with Crippen molar-refractivity contribution in [2.75, 3.05) is 5.32 Å². The first-order chi connectivity index (χ1) is 9.13. The second-order valence-electron chi connectivity index (χ2n) is 4.88. The second kappa shape index (κ2) is 5.68. The maximum Gasteiger partial charge on any atom is 0.423 e.